The molecule has 1 fully saturated rings. The third-order valence-electron chi connectivity index (χ3n) is 6.18. The lowest BCUT2D eigenvalue weighted by Crippen LogP contribution is -2.35. The molecule has 10 nitrogen and oxygen atoms in total. The van der Waals surface area contributed by atoms with E-state index < -0.39 is 11.7 Å². The number of hydrogen-bond donors (Lipinski definition) is 3. The predicted molar refractivity (Wildman–Crippen MR) is 134 cm³/mol. The predicted octanol–water partition coefficient (Wildman–Crippen LogP) is 3.73. The number of ketones is 1. The number of rotatable bonds is 5. The quantitative estimate of drug-likeness (QED) is 0.253. The van der Waals surface area contributed by atoms with Crippen LogP contribution in [0.1, 0.15) is 28.9 Å². The summed E-state index contributed by atoms with van der Waals surface area (Å²) in [5.41, 5.74) is 4.33. The third-order valence-corrected chi connectivity index (χ3v) is 6.18. The minimum atomic E-state index is -0.677. The molecule has 0 spiro atoms. The minimum Gasteiger partial charge on any atom is -0.422 e. The van der Waals surface area contributed by atoms with E-state index in [-0.39, 0.29) is 11.3 Å². The summed E-state index contributed by atoms with van der Waals surface area (Å²) >= 11 is 0. The van der Waals surface area contributed by atoms with Gasteiger partial charge < -0.3 is 24.8 Å². The number of carbonyl (C=O) groups is 1. The molecule has 1 unspecified atom stereocenters. The Labute approximate surface area is 204 Å². The molecule has 0 aliphatic carbocycles. The summed E-state index contributed by atoms with van der Waals surface area (Å²) in [6.07, 6.45) is 2.90. The van der Waals surface area contributed by atoms with E-state index in [1.165, 1.54) is 6.92 Å². The van der Waals surface area contributed by atoms with E-state index in [1.807, 2.05) is 36.4 Å². The number of fused-ring (bicyclic) bond motifs is 2. The van der Waals surface area contributed by atoms with Gasteiger partial charge in [0, 0.05) is 47.6 Å². The molecule has 6 rings (SSSR count). The number of nitrogens with one attached hydrogen (secondary N) is 3. The van der Waals surface area contributed by atoms with Gasteiger partial charge >= 0.3 is 5.63 Å². The summed E-state index contributed by atoms with van der Waals surface area (Å²) in [5.74, 6) is 0.0342. The van der Waals surface area contributed by atoms with Crippen molar-refractivity contribution in [2.45, 2.75) is 13.0 Å². The first-order valence-corrected chi connectivity index (χ1v) is 11.5. The van der Waals surface area contributed by atoms with E-state index in [0.717, 1.165) is 22.3 Å². The number of aromatic amines is 1. The van der Waals surface area contributed by atoms with Gasteiger partial charge in [-0.25, -0.2) is 19.7 Å². The zero-order chi connectivity index (χ0) is 24.6. The van der Waals surface area contributed by atoms with E-state index in [0.29, 0.717) is 47.9 Å². The summed E-state index contributed by atoms with van der Waals surface area (Å²) < 4.78 is 11.4. The van der Waals surface area contributed by atoms with Gasteiger partial charge in [-0.3, -0.25) is 4.79 Å². The first-order valence-electron chi connectivity index (χ1n) is 11.5. The van der Waals surface area contributed by atoms with Crippen LogP contribution in [0.25, 0.3) is 33.3 Å². The van der Waals surface area contributed by atoms with Gasteiger partial charge in [0.15, 0.2) is 5.78 Å². The highest BCUT2D eigenvalue weighted by atomic mass is 16.5. The Kier molecular flexibility index (Phi) is 5.51. The van der Waals surface area contributed by atoms with Crippen molar-refractivity contribution in [3.05, 3.63) is 76.5 Å². The molecule has 0 amide bonds. The van der Waals surface area contributed by atoms with Gasteiger partial charge in [0.2, 0.25) is 5.95 Å². The zero-order valence-corrected chi connectivity index (χ0v) is 19.4. The molecule has 36 heavy (non-hydrogen) atoms. The summed E-state index contributed by atoms with van der Waals surface area (Å²) in [6.45, 7) is 3.07. The Morgan fingerprint density at radius 3 is 2.89 bits per heavy atom. The molecule has 4 heterocycles. The number of benzene rings is 2. The summed E-state index contributed by atoms with van der Waals surface area (Å²) in [5, 5.41) is 7.08. The molecule has 3 aromatic heterocycles. The number of morpholine rings is 1. The summed E-state index contributed by atoms with van der Waals surface area (Å²) in [4.78, 5) is 41.4. The van der Waals surface area contributed by atoms with Gasteiger partial charge in [0.1, 0.15) is 11.1 Å². The lowest BCUT2D eigenvalue weighted by molar-refractivity contribution is 0.0277. The van der Waals surface area contributed by atoms with Crippen LogP contribution in [0, 0.1) is 0 Å². The normalized spacial score (nSPS) is 15.9. The summed E-state index contributed by atoms with van der Waals surface area (Å²) in [7, 11) is 0. The molecular weight excluding hydrogens is 460 g/mol. The van der Waals surface area contributed by atoms with Crippen LogP contribution in [0.4, 0.5) is 11.6 Å². The number of imidazole rings is 1. The fourth-order valence-electron chi connectivity index (χ4n) is 4.52. The lowest BCUT2D eigenvalue weighted by Gasteiger charge is -2.26. The molecule has 0 saturated carbocycles. The molecule has 5 aromatic rings. The molecular formula is C26H22N6O4. The topological polar surface area (TPSA) is 135 Å². The number of H-pyrrole nitrogens is 1. The third kappa shape index (κ3) is 4.02. The van der Waals surface area contributed by atoms with Crippen molar-refractivity contribution in [1.29, 1.82) is 0 Å². The maximum absolute atomic E-state index is 12.8. The fourth-order valence-corrected chi connectivity index (χ4v) is 4.52. The molecule has 180 valence electrons. The van der Waals surface area contributed by atoms with Crippen molar-refractivity contribution in [3.63, 3.8) is 0 Å². The van der Waals surface area contributed by atoms with Crippen molar-refractivity contribution in [1.82, 2.24) is 25.3 Å². The number of aromatic nitrogens is 4. The number of ether oxygens (including phenoxy) is 1. The lowest BCUT2D eigenvalue weighted by atomic mass is 9.96. The van der Waals surface area contributed by atoms with Crippen LogP contribution in [0.2, 0.25) is 0 Å². The van der Waals surface area contributed by atoms with Crippen molar-refractivity contribution in [2.24, 2.45) is 0 Å². The highest BCUT2D eigenvalue weighted by molar-refractivity contribution is 6.00. The largest absolute Gasteiger partial charge is 0.422 e. The van der Waals surface area contributed by atoms with Crippen LogP contribution in [0.5, 0.6) is 0 Å². The van der Waals surface area contributed by atoms with E-state index in [9.17, 15) is 9.59 Å². The molecule has 0 bridgehead atoms. The van der Waals surface area contributed by atoms with Crippen LogP contribution in [0.15, 0.2) is 64.2 Å². The van der Waals surface area contributed by atoms with E-state index in [2.05, 4.69) is 30.6 Å². The van der Waals surface area contributed by atoms with Crippen LogP contribution in [-0.2, 0) is 4.74 Å². The Bertz CT molecular complexity index is 1670. The second-order valence-electron chi connectivity index (χ2n) is 8.53. The molecule has 3 N–H and O–H groups in total. The number of Topliss-reactive ketones (excluding diaryl/α,β-unsaturated/α-hetero) is 1. The monoisotopic (exact) mass is 482 g/mol. The Morgan fingerprint density at radius 1 is 1.14 bits per heavy atom. The average Bonchev–Trinajstić information content (AvgIpc) is 3.36. The second-order valence-corrected chi connectivity index (χ2v) is 8.53. The van der Waals surface area contributed by atoms with Crippen molar-refractivity contribution in [3.8, 4) is 11.3 Å². The fraction of sp³-hybridized carbons (Fsp3) is 0.192. The maximum atomic E-state index is 12.8. The number of nitrogens with zero attached hydrogens (tertiary/aromatic N) is 3. The van der Waals surface area contributed by atoms with Crippen molar-refractivity contribution >= 4 is 39.4 Å². The number of carbonyl (C=O) groups excluding carboxylic acids is 1. The summed E-state index contributed by atoms with van der Waals surface area (Å²) in [6, 6.07) is 13.1. The van der Waals surface area contributed by atoms with Gasteiger partial charge in [-0.1, -0.05) is 6.07 Å². The molecule has 1 saturated heterocycles. The van der Waals surface area contributed by atoms with E-state index in [1.54, 1.807) is 18.6 Å². The molecule has 1 aliphatic rings. The van der Waals surface area contributed by atoms with Crippen molar-refractivity contribution in [2.75, 3.05) is 25.0 Å². The van der Waals surface area contributed by atoms with Crippen LogP contribution in [0.3, 0.4) is 0 Å². The van der Waals surface area contributed by atoms with Crippen molar-refractivity contribution < 1.29 is 13.9 Å². The maximum Gasteiger partial charge on any atom is 0.347 e. The standard InChI is InChI=1S/C26H22N6O4/c1-14(33)23-24(22-12-27-8-9-35-22)17-4-3-16(11-21(17)36-25(23)34)31-26-28-7-6-18(32-26)15-2-5-19-20(10-15)30-13-29-19/h2-7,10-11,13,22,27H,8-9,12H2,1H3,(H,29,30)(H,28,31,32). The van der Waals surface area contributed by atoms with Crippen LogP contribution in [-0.4, -0.2) is 45.4 Å². The van der Waals surface area contributed by atoms with Gasteiger partial charge in [-0.2, -0.15) is 0 Å². The smallest absolute Gasteiger partial charge is 0.347 e. The van der Waals surface area contributed by atoms with Gasteiger partial charge in [0.25, 0.3) is 0 Å². The van der Waals surface area contributed by atoms with Crippen LogP contribution < -0.4 is 16.3 Å². The van der Waals surface area contributed by atoms with Crippen LogP contribution >= 0.6 is 0 Å². The number of anilines is 2. The Balaban J connectivity index is 1.36. The van der Waals surface area contributed by atoms with Gasteiger partial charge in [0.05, 0.1) is 35.8 Å². The SMILES string of the molecule is CC(=O)c1c(C2CNCCO2)c2ccc(Nc3nccc(-c4ccc5[nH]cnc5c4)n3)cc2oc1=O. The Morgan fingerprint density at radius 2 is 2.06 bits per heavy atom. The van der Waals surface area contributed by atoms with Gasteiger partial charge in [-0.15, -0.1) is 0 Å². The first-order chi connectivity index (χ1) is 17.6. The molecule has 1 aliphatic heterocycles. The highest BCUT2D eigenvalue weighted by Crippen LogP contribution is 2.32. The second kappa shape index (κ2) is 8.99. The number of hydrogen-bond acceptors (Lipinski definition) is 9. The minimum absolute atomic E-state index is 0.0295. The molecule has 10 heteroatoms. The molecule has 2 aromatic carbocycles. The average molecular weight is 483 g/mol. The first kappa shape index (κ1) is 22.1. The van der Waals surface area contributed by atoms with Gasteiger partial charge in [-0.05, 0) is 37.3 Å². The molecule has 0 radical (unpaired) electrons. The van der Waals surface area contributed by atoms with E-state index >= 15 is 0 Å². The molecule has 1 atom stereocenters. The Hall–Kier alpha value is -4.41. The highest BCUT2D eigenvalue weighted by Gasteiger charge is 2.27. The zero-order valence-electron chi connectivity index (χ0n) is 19.4. The van der Waals surface area contributed by atoms with E-state index in [4.69, 9.17) is 9.15 Å².